The summed E-state index contributed by atoms with van der Waals surface area (Å²) in [5.41, 5.74) is 4.72. The lowest BCUT2D eigenvalue weighted by Gasteiger charge is -2.55. The van der Waals surface area contributed by atoms with E-state index in [4.69, 9.17) is 10.6 Å². The molecular weight excluding hydrogens is 518 g/mol. The van der Waals surface area contributed by atoms with Gasteiger partial charge in [-0.25, -0.2) is 0 Å². The van der Waals surface area contributed by atoms with Gasteiger partial charge in [-0.05, 0) is 17.7 Å². The van der Waals surface area contributed by atoms with Crippen LogP contribution in [-0.2, 0) is 16.0 Å². The molecular formula is C23H19N7O5S2. The van der Waals surface area contributed by atoms with Crippen LogP contribution in [0.3, 0.4) is 0 Å². The fourth-order valence-corrected chi connectivity index (χ4v) is 5.69. The van der Waals surface area contributed by atoms with Gasteiger partial charge in [0.25, 0.3) is 17.5 Å². The highest BCUT2D eigenvalue weighted by atomic mass is 32.2. The highest BCUT2D eigenvalue weighted by molar-refractivity contribution is 8.00. The molecule has 5 rings (SSSR count). The molecule has 2 atom stereocenters. The average Bonchev–Trinajstić information content (AvgIpc) is 3.34. The third-order valence-electron chi connectivity index (χ3n) is 5.73. The smallest absolute Gasteiger partial charge is 0.278 e. The van der Waals surface area contributed by atoms with Gasteiger partial charge in [-0.1, -0.05) is 41.6 Å². The molecule has 2 aromatic carbocycles. The van der Waals surface area contributed by atoms with Gasteiger partial charge in [0.1, 0.15) is 5.37 Å². The van der Waals surface area contributed by atoms with Crippen molar-refractivity contribution in [3.63, 3.8) is 0 Å². The topological polar surface area (TPSA) is 166 Å². The third-order valence-corrected chi connectivity index (χ3v) is 7.60. The predicted molar refractivity (Wildman–Crippen MR) is 138 cm³/mol. The first-order valence-electron chi connectivity index (χ1n) is 10.9. The van der Waals surface area contributed by atoms with Crippen molar-refractivity contribution in [1.29, 1.82) is 0 Å². The highest BCUT2D eigenvalue weighted by Crippen LogP contribution is 2.43. The Morgan fingerprint density at radius 2 is 2.03 bits per heavy atom. The van der Waals surface area contributed by atoms with Crippen molar-refractivity contribution in [1.82, 2.24) is 19.6 Å². The number of rotatable bonds is 8. The largest absolute Gasteiger partial charge is 0.374 e. The second-order valence-corrected chi connectivity index (χ2v) is 10.0. The maximum Gasteiger partial charge on any atom is 0.278 e. The monoisotopic (exact) mass is 537 g/mol. The second kappa shape index (κ2) is 9.99. The van der Waals surface area contributed by atoms with Crippen molar-refractivity contribution >= 4 is 51.6 Å². The zero-order valence-corrected chi connectivity index (χ0v) is 20.6. The van der Waals surface area contributed by atoms with E-state index in [0.29, 0.717) is 17.1 Å². The number of fused-ring (bicyclic) bond motifs is 1. The van der Waals surface area contributed by atoms with Crippen molar-refractivity contribution in [2.45, 2.75) is 17.3 Å². The molecule has 0 bridgehead atoms. The highest BCUT2D eigenvalue weighted by Gasteiger charge is 2.62. The number of β-lactam (4-membered cyclic amide) rings is 1. The van der Waals surface area contributed by atoms with Gasteiger partial charge in [0.05, 0.1) is 4.92 Å². The van der Waals surface area contributed by atoms with E-state index in [9.17, 15) is 19.7 Å². The lowest BCUT2D eigenvalue weighted by atomic mass is 9.81. The van der Waals surface area contributed by atoms with E-state index in [0.717, 1.165) is 11.5 Å². The number of para-hydroxylation sites is 1. The van der Waals surface area contributed by atoms with E-state index in [1.165, 1.54) is 23.9 Å². The summed E-state index contributed by atoms with van der Waals surface area (Å²) in [5.74, 6) is -0.0496. The molecule has 2 amide bonds. The molecule has 1 aromatic heterocycles. The first-order valence-corrected chi connectivity index (χ1v) is 12.8. The van der Waals surface area contributed by atoms with Crippen LogP contribution in [0, 0.1) is 10.1 Å². The van der Waals surface area contributed by atoms with Gasteiger partial charge in [-0.15, -0.1) is 11.8 Å². The number of benzene rings is 2. The molecule has 0 saturated carbocycles. The summed E-state index contributed by atoms with van der Waals surface area (Å²) >= 11 is 2.38. The molecule has 2 aliphatic heterocycles. The van der Waals surface area contributed by atoms with Crippen LogP contribution in [0.1, 0.15) is 11.4 Å². The number of nitro benzene ring substituents is 1. The van der Waals surface area contributed by atoms with Crippen LogP contribution in [0.25, 0.3) is 0 Å². The number of hydrogen-bond acceptors (Lipinski definition) is 11. The maximum atomic E-state index is 13.6. The molecule has 0 aliphatic carbocycles. The second-order valence-electron chi connectivity index (χ2n) is 8.11. The van der Waals surface area contributed by atoms with E-state index in [2.05, 4.69) is 19.8 Å². The lowest BCUT2D eigenvalue weighted by Crippen LogP contribution is -2.79. The maximum absolute atomic E-state index is 13.6. The normalized spacial score (nSPS) is 20.6. The number of nitrogen functional groups attached to an aromatic ring is 1. The lowest BCUT2D eigenvalue weighted by molar-refractivity contribution is -0.384. The first kappa shape index (κ1) is 24.4. The molecule has 188 valence electrons. The number of non-ortho nitro benzene ring substituents is 1. The summed E-state index contributed by atoms with van der Waals surface area (Å²) in [7, 11) is 0. The Morgan fingerprint density at radius 1 is 1.27 bits per heavy atom. The molecule has 0 spiro atoms. The Hall–Kier alpha value is -4.30. The Balaban J connectivity index is 1.47. The van der Waals surface area contributed by atoms with Crippen LogP contribution in [-0.4, -0.2) is 53.4 Å². The Labute approximate surface area is 218 Å². The van der Waals surface area contributed by atoms with Crippen LogP contribution in [0.5, 0.6) is 5.75 Å². The van der Waals surface area contributed by atoms with Gasteiger partial charge >= 0.3 is 0 Å². The van der Waals surface area contributed by atoms with E-state index >= 15 is 0 Å². The molecule has 1 unspecified atom stereocenters. The number of thioether (sulfide) groups is 1. The van der Waals surface area contributed by atoms with Gasteiger partial charge in [-0.2, -0.15) is 9.36 Å². The predicted octanol–water partition coefficient (Wildman–Crippen LogP) is 2.34. The fourth-order valence-electron chi connectivity index (χ4n) is 4.02. The molecule has 1 saturated heterocycles. The molecule has 3 N–H and O–H groups in total. The van der Waals surface area contributed by atoms with E-state index in [-0.39, 0.29) is 34.7 Å². The van der Waals surface area contributed by atoms with Crippen LogP contribution in [0.15, 0.2) is 72.0 Å². The summed E-state index contributed by atoms with van der Waals surface area (Å²) in [5, 5.41) is 17.7. The minimum absolute atomic E-state index is 0.0405. The number of nitrogens with two attached hydrogens (primary N) is 1. The number of hydrogen-bond donors (Lipinski definition) is 2. The molecule has 12 nitrogen and oxygen atoms in total. The molecule has 0 radical (unpaired) electrons. The Morgan fingerprint density at radius 3 is 2.70 bits per heavy atom. The number of aromatic nitrogens is 2. The third kappa shape index (κ3) is 4.75. The summed E-state index contributed by atoms with van der Waals surface area (Å²) in [6.45, 7) is 0. The van der Waals surface area contributed by atoms with Crippen molar-refractivity contribution in [3.05, 3.63) is 88.4 Å². The Kier molecular flexibility index (Phi) is 6.58. The van der Waals surface area contributed by atoms with Crippen LogP contribution < -0.4 is 15.9 Å². The molecule has 2 aliphatic rings. The number of nitro groups is 1. The van der Waals surface area contributed by atoms with Gasteiger partial charge in [0.2, 0.25) is 11.5 Å². The standard InChI is InChI=1S/C23H19N7O5S2/c24-22-25-18(28-37-22)17(27-35-16-5-2-1-3-6-16)19(31)26-23(20(32)29-11-4-12-36-21(23)29)13-14-7-9-15(10-8-14)30(33)34/h1-11,21H,12-13H2,(H,26,31)(H2,24,25,28)/t21-,23?/m0/s1. The Bertz CT molecular complexity index is 1410. The molecule has 14 heteroatoms. The number of nitrogens with one attached hydrogen (secondary N) is 1. The van der Waals surface area contributed by atoms with Crippen molar-refractivity contribution in [3.8, 4) is 5.75 Å². The summed E-state index contributed by atoms with van der Waals surface area (Å²) in [6, 6.07) is 14.5. The summed E-state index contributed by atoms with van der Waals surface area (Å²) in [6.07, 6.45) is 3.66. The van der Waals surface area contributed by atoms with Gasteiger partial charge < -0.3 is 20.8 Å². The van der Waals surface area contributed by atoms with Gasteiger partial charge in [-0.3, -0.25) is 19.7 Å². The van der Waals surface area contributed by atoms with E-state index < -0.39 is 21.7 Å². The van der Waals surface area contributed by atoms with Crippen LogP contribution >= 0.6 is 23.3 Å². The minimum atomic E-state index is -1.34. The first-order chi connectivity index (χ1) is 17.9. The SMILES string of the molecule is Nc1nc(C(=NOc2ccccc2)C(=O)NC2(Cc3ccc([N+](=O)[O-])cc3)C(=O)N3C=CCS[C@H]32)ns1. The molecule has 37 heavy (non-hydrogen) atoms. The summed E-state index contributed by atoms with van der Waals surface area (Å²) < 4.78 is 4.09. The number of oxime groups is 1. The zero-order valence-electron chi connectivity index (χ0n) is 19.0. The fraction of sp³-hybridized carbons (Fsp3) is 0.174. The number of carbonyl (C=O) groups is 2. The van der Waals surface area contributed by atoms with E-state index in [1.54, 1.807) is 53.6 Å². The molecule has 3 heterocycles. The number of amides is 2. The molecule has 3 aromatic rings. The summed E-state index contributed by atoms with van der Waals surface area (Å²) in [4.78, 5) is 48.6. The quantitative estimate of drug-likeness (QED) is 0.190. The van der Waals surface area contributed by atoms with Crippen molar-refractivity contribution in [2.75, 3.05) is 11.5 Å². The number of carbonyl (C=O) groups excluding carboxylic acids is 2. The number of nitrogens with zero attached hydrogens (tertiary/aromatic N) is 5. The van der Waals surface area contributed by atoms with E-state index in [1.807, 2.05) is 6.08 Å². The van der Waals surface area contributed by atoms with Crippen molar-refractivity contribution < 1.29 is 19.3 Å². The van der Waals surface area contributed by atoms with Crippen molar-refractivity contribution in [2.24, 2.45) is 5.16 Å². The van der Waals surface area contributed by atoms with Crippen LogP contribution in [0.4, 0.5) is 10.8 Å². The number of anilines is 1. The zero-order chi connectivity index (χ0) is 26.0. The van der Waals surface area contributed by atoms with Crippen LogP contribution in [0.2, 0.25) is 0 Å². The average molecular weight is 538 g/mol. The van der Waals surface area contributed by atoms with Gasteiger partial charge in [0.15, 0.2) is 16.4 Å². The minimum Gasteiger partial charge on any atom is -0.374 e. The molecule has 1 fully saturated rings. The van der Waals surface area contributed by atoms with Gasteiger partial charge in [0, 0.05) is 42.0 Å².